The van der Waals surface area contributed by atoms with Crippen LogP contribution in [0.2, 0.25) is 5.02 Å². The normalized spacial score (nSPS) is 10.3. The Morgan fingerprint density at radius 3 is 2.70 bits per heavy atom. The van der Waals surface area contributed by atoms with E-state index in [1.165, 1.54) is 23.1 Å². The Morgan fingerprint density at radius 1 is 1.40 bits per heavy atom. The molecule has 0 spiro atoms. The van der Waals surface area contributed by atoms with Crippen LogP contribution < -0.4 is 0 Å². The van der Waals surface area contributed by atoms with E-state index in [1.807, 2.05) is 0 Å². The van der Waals surface area contributed by atoms with Crippen LogP contribution in [-0.2, 0) is 0 Å². The van der Waals surface area contributed by atoms with Gasteiger partial charge in [-0.1, -0.05) is 11.6 Å². The fourth-order valence-electron chi connectivity index (χ4n) is 1.75. The first-order chi connectivity index (χ1) is 9.47. The number of nitrogens with zero attached hydrogens (tertiary/aromatic N) is 2. The van der Waals surface area contributed by atoms with Gasteiger partial charge in [0.05, 0.1) is 4.92 Å². The lowest BCUT2D eigenvalue weighted by atomic mass is 10.1. The average molecular weight is 301 g/mol. The van der Waals surface area contributed by atoms with Crippen LogP contribution in [0.15, 0.2) is 18.2 Å². The summed E-state index contributed by atoms with van der Waals surface area (Å²) in [6.07, 6.45) is 2.31. The molecule has 20 heavy (non-hydrogen) atoms. The van der Waals surface area contributed by atoms with Crippen molar-refractivity contribution in [1.29, 1.82) is 0 Å². The molecule has 1 aromatic carbocycles. The SMILES string of the molecule is CN(CCCCCO)C(=O)c1ccc(Cl)c([N+](=O)[O-])c1. The third kappa shape index (κ3) is 4.47. The minimum Gasteiger partial charge on any atom is -0.396 e. The van der Waals surface area contributed by atoms with Crippen LogP contribution in [0.4, 0.5) is 5.69 Å². The quantitative estimate of drug-likeness (QED) is 0.476. The smallest absolute Gasteiger partial charge is 0.288 e. The van der Waals surface area contributed by atoms with Gasteiger partial charge < -0.3 is 10.0 Å². The van der Waals surface area contributed by atoms with Crippen LogP contribution in [0.1, 0.15) is 29.6 Å². The number of rotatable bonds is 7. The average Bonchev–Trinajstić information content (AvgIpc) is 2.42. The predicted molar refractivity (Wildman–Crippen MR) is 76.0 cm³/mol. The summed E-state index contributed by atoms with van der Waals surface area (Å²) in [4.78, 5) is 23.8. The van der Waals surface area contributed by atoms with Gasteiger partial charge in [0.2, 0.25) is 0 Å². The highest BCUT2D eigenvalue weighted by Gasteiger charge is 2.18. The first kappa shape index (κ1) is 16.4. The molecule has 0 aliphatic carbocycles. The van der Waals surface area contributed by atoms with Crippen LogP contribution in [0, 0.1) is 10.1 Å². The molecule has 1 N–H and O–H groups in total. The monoisotopic (exact) mass is 300 g/mol. The van der Waals surface area contributed by atoms with Gasteiger partial charge in [0.15, 0.2) is 0 Å². The molecule has 1 amide bonds. The highest BCUT2D eigenvalue weighted by molar-refractivity contribution is 6.32. The van der Waals surface area contributed by atoms with Gasteiger partial charge in [0, 0.05) is 31.8 Å². The summed E-state index contributed by atoms with van der Waals surface area (Å²) < 4.78 is 0. The van der Waals surface area contributed by atoms with E-state index in [2.05, 4.69) is 0 Å². The number of nitro benzene ring substituents is 1. The number of nitro groups is 1. The molecule has 0 aromatic heterocycles. The number of carbonyl (C=O) groups excluding carboxylic acids is 1. The molecule has 0 fully saturated rings. The summed E-state index contributed by atoms with van der Waals surface area (Å²) in [6, 6.07) is 4.02. The second-order valence-electron chi connectivity index (χ2n) is 4.43. The van der Waals surface area contributed by atoms with Crippen molar-refractivity contribution in [2.75, 3.05) is 20.2 Å². The van der Waals surface area contributed by atoms with Gasteiger partial charge in [0.25, 0.3) is 11.6 Å². The van der Waals surface area contributed by atoms with Crippen LogP contribution >= 0.6 is 11.6 Å². The summed E-state index contributed by atoms with van der Waals surface area (Å²) in [5.41, 5.74) is -0.0306. The molecule has 1 rings (SSSR count). The number of hydrogen-bond donors (Lipinski definition) is 1. The highest BCUT2D eigenvalue weighted by atomic mass is 35.5. The zero-order chi connectivity index (χ0) is 15.1. The van der Waals surface area contributed by atoms with E-state index in [0.717, 1.165) is 12.8 Å². The van der Waals surface area contributed by atoms with Crippen molar-refractivity contribution in [3.8, 4) is 0 Å². The molecule has 0 atom stereocenters. The number of aliphatic hydroxyl groups is 1. The number of hydrogen-bond acceptors (Lipinski definition) is 4. The van der Waals surface area contributed by atoms with Gasteiger partial charge in [-0.3, -0.25) is 14.9 Å². The lowest BCUT2D eigenvalue weighted by Gasteiger charge is -2.17. The molecule has 0 saturated carbocycles. The molecule has 7 heteroatoms. The van der Waals surface area contributed by atoms with E-state index in [4.69, 9.17) is 16.7 Å². The maximum atomic E-state index is 12.1. The molecule has 110 valence electrons. The molecular formula is C13H17ClN2O4. The van der Waals surface area contributed by atoms with Crippen molar-refractivity contribution in [1.82, 2.24) is 4.90 Å². The molecule has 0 bridgehead atoms. The summed E-state index contributed by atoms with van der Waals surface area (Å²) >= 11 is 5.70. The zero-order valence-electron chi connectivity index (χ0n) is 11.2. The molecule has 0 heterocycles. The molecule has 0 unspecified atom stereocenters. The van der Waals surface area contributed by atoms with Gasteiger partial charge in [-0.15, -0.1) is 0 Å². The fraction of sp³-hybridized carbons (Fsp3) is 0.462. The zero-order valence-corrected chi connectivity index (χ0v) is 12.0. The Bertz CT molecular complexity index is 493. The first-order valence-corrected chi connectivity index (χ1v) is 6.65. The molecule has 6 nitrogen and oxygen atoms in total. The topological polar surface area (TPSA) is 83.7 Å². The minimum absolute atomic E-state index is 0.0112. The summed E-state index contributed by atoms with van der Waals surface area (Å²) in [6.45, 7) is 0.677. The van der Waals surface area contributed by atoms with Crippen molar-refractivity contribution in [2.45, 2.75) is 19.3 Å². The Labute approximate surface area is 122 Å². The summed E-state index contributed by atoms with van der Waals surface area (Å²) in [5.74, 6) is -0.284. The third-order valence-electron chi connectivity index (χ3n) is 2.89. The third-order valence-corrected chi connectivity index (χ3v) is 3.21. The van der Waals surface area contributed by atoms with Crippen molar-refractivity contribution in [3.63, 3.8) is 0 Å². The van der Waals surface area contributed by atoms with Gasteiger partial charge >= 0.3 is 0 Å². The number of benzene rings is 1. The fourth-order valence-corrected chi connectivity index (χ4v) is 1.93. The maximum Gasteiger partial charge on any atom is 0.288 e. The molecule has 0 saturated heterocycles. The van der Waals surface area contributed by atoms with Gasteiger partial charge in [-0.05, 0) is 31.4 Å². The molecular weight excluding hydrogens is 284 g/mol. The van der Waals surface area contributed by atoms with E-state index in [1.54, 1.807) is 7.05 Å². The van der Waals surface area contributed by atoms with Crippen LogP contribution in [-0.4, -0.2) is 41.0 Å². The van der Waals surface area contributed by atoms with E-state index in [-0.39, 0.29) is 28.8 Å². The number of unbranched alkanes of at least 4 members (excludes halogenated alkanes) is 2. The molecule has 0 aliphatic rings. The minimum atomic E-state index is -0.611. The summed E-state index contributed by atoms with van der Waals surface area (Å²) in [7, 11) is 1.64. The van der Waals surface area contributed by atoms with Gasteiger partial charge in [-0.25, -0.2) is 0 Å². The number of carbonyl (C=O) groups is 1. The lowest BCUT2D eigenvalue weighted by molar-refractivity contribution is -0.384. The van der Waals surface area contributed by atoms with Crippen LogP contribution in [0.3, 0.4) is 0 Å². The second kappa shape index (κ2) is 7.81. The number of amides is 1. The molecule has 0 aliphatic heterocycles. The van der Waals surface area contributed by atoms with E-state index < -0.39 is 4.92 Å². The van der Waals surface area contributed by atoms with E-state index in [0.29, 0.717) is 13.0 Å². The second-order valence-corrected chi connectivity index (χ2v) is 4.84. The standard InChI is InChI=1S/C13H17ClN2O4/c1-15(7-3-2-4-8-17)13(18)10-5-6-11(14)12(9-10)16(19)20/h5-6,9,17H,2-4,7-8H2,1H3. The Kier molecular flexibility index (Phi) is 6.41. The van der Waals surface area contributed by atoms with Gasteiger partial charge in [-0.2, -0.15) is 0 Å². The lowest BCUT2D eigenvalue weighted by Crippen LogP contribution is -2.27. The Balaban J connectivity index is 2.71. The van der Waals surface area contributed by atoms with Gasteiger partial charge in [0.1, 0.15) is 5.02 Å². The van der Waals surface area contributed by atoms with Crippen molar-refractivity contribution in [2.24, 2.45) is 0 Å². The maximum absolute atomic E-state index is 12.1. The predicted octanol–water partition coefficient (Wildman–Crippen LogP) is 2.48. The molecule has 0 radical (unpaired) electrons. The Morgan fingerprint density at radius 2 is 2.10 bits per heavy atom. The van der Waals surface area contributed by atoms with Crippen LogP contribution in [0.5, 0.6) is 0 Å². The first-order valence-electron chi connectivity index (χ1n) is 6.27. The van der Waals surface area contributed by atoms with Crippen molar-refractivity contribution < 1.29 is 14.8 Å². The summed E-state index contributed by atoms with van der Waals surface area (Å²) in [5, 5.41) is 19.5. The Hall–Kier alpha value is -1.66. The van der Waals surface area contributed by atoms with Crippen molar-refractivity contribution in [3.05, 3.63) is 38.9 Å². The highest BCUT2D eigenvalue weighted by Crippen LogP contribution is 2.25. The largest absolute Gasteiger partial charge is 0.396 e. The van der Waals surface area contributed by atoms with Crippen LogP contribution in [0.25, 0.3) is 0 Å². The van der Waals surface area contributed by atoms with E-state index >= 15 is 0 Å². The number of halogens is 1. The van der Waals surface area contributed by atoms with E-state index in [9.17, 15) is 14.9 Å². The molecule has 1 aromatic rings. The van der Waals surface area contributed by atoms with Crippen molar-refractivity contribution >= 4 is 23.2 Å². The number of aliphatic hydroxyl groups excluding tert-OH is 1.